The van der Waals surface area contributed by atoms with Crippen molar-refractivity contribution in [3.63, 3.8) is 0 Å². The largest absolute Gasteiger partial charge is 0.480 e. The minimum atomic E-state index is -1.01. The van der Waals surface area contributed by atoms with Crippen molar-refractivity contribution >= 4 is 5.97 Å². The molecule has 16 heavy (non-hydrogen) atoms. The first-order valence-corrected chi connectivity index (χ1v) is 6.09. The molecule has 0 aromatic rings. The topological polar surface area (TPSA) is 66.6 Å². The van der Waals surface area contributed by atoms with Gasteiger partial charge in [-0.15, -0.1) is 0 Å². The first-order chi connectivity index (χ1) is 7.32. The van der Waals surface area contributed by atoms with Gasteiger partial charge in [-0.2, -0.15) is 0 Å². The van der Waals surface area contributed by atoms with E-state index in [0.29, 0.717) is 24.4 Å². The molecule has 1 heterocycles. The first-order valence-electron chi connectivity index (χ1n) is 6.09. The lowest BCUT2D eigenvalue weighted by atomic mass is 9.91. The Kier molecular flexibility index (Phi) is 2.75. The second kappa shape index (κ2) is 3.70. The summed E-state index contributed by atoms with van der Waals surface area (Å²) in [4.78, 5) is 13.3. The van der Waals surface area contributed by atoms with Crippen LogP contribution in [0.25, 0.3) is 0 Å². The summed E-state index contributed by atoms with van der Waals surface area (Å²) >= 11 is 0. The molecule has 0 spiro atoms. The molecule has 0 aromatic heterocycles. The molecule has 2 rings (SSSR count). The molecule has 1 saturated heterocycles. The summed E-state index contributed by atoms with van der Waals surface area (Å²) in [5.41, 5.74) is 5.29. The fraction of sp³-hybridized carbons (Fsp3) is 0.917. The van der Waals surface area contributed by atoms with Crippen molar-refractivity contribution in [2.45, 2.75) is 51.1 Å². The van der Waals surface area contributed by atoms with Crippen LogP contribution in [-0.4, -0.2) is 40.6 Å². The van der Waals surface area contributed by atoms with Crippen LogP contribution < -0.4 is 5.73 Å². The van der Waals surface area contributed by atoms with E-state index in [-0.39, 0.29) is 0 Å². The summed E-state index contributed by atoms with van der Waals surface area (Å²) < 4.78 is 0. The van der Waals surface area contributed by atoms with Crippen LogP contribution in [0.15, 0.2) is 0 Å². The number of rotatable bonds is 2. The Morgan fingerprint density at radius 3 is 2.56 bits per heavy atom. The predicted octanol–water partition coefficient (Wildman–Crippen LogP) is 1.05. The molecule has 0 radical (unpaired) electrons. The highest BCUT2D eigenvalue weighted by Gasteiger charge is 2.45. The van der Waals surface area contributed by atoms with Gasteiger partial charge in [0.2, 0.25) is 0 Å². The van der Waals surface area contributed by atoms with E-state index in [1.165, 1.54) is 19.3 Å². The van der Waals surface area contributed by atoms with Gasteiger partial charge in [0.15, 0.2) is 0 Å². The molecule has 0 amide bonds. The Bertz CT molecular complexity index is 303. The van der Waals surface area contributed by atoms with Gasteiger partial charge in [0.25, 0.3) is 0 Å². The average Bonchev–Trinajstić information content (AvgIpc) is 2.70. The van der Waals surface area contributed by atoms with Crippen LogP contribution in [0.4, 0.5) is 0 Å². The lowest BCUT2D eigenvalue weighted by Gasteiger charge is -2.26. The van der Waals surface area contributed by atoms with Crippen LogP contribution in [-0.2, 0) is 4.79 Å². The smallest absolute Gasteiger partial charge is 0.325 e. The number of carbonyl (C=O) groups is 1. The third-order valence-electron chi connectivity index (χ3n) is 4.22. The van der Waals surface area contributed by atoms with Gasteiger partial charge in [-0.25, -0.2) is 0 Å². The van der Waals surface area contributed by atoms with Gasteiger partial charge in [0, 0.05) is 19.1 Å². The van der Waals surface area contributed by atoms with Gasteiger partial charge in [0.05, 0.1) is 0 Å². The summed E-state index contributed by atoms with van der Waals surface area (Å²) in [6.07, 6.45) is 4.17. The summed E-state index contributed by atoms with van der Waals surface area (Å²) in [5.74, 6) is -0.854. The second-order valence-electron chi connectivity index (χ2n) is 6.24. The minimum Gasteiger partial charge on any atom is -0.480 e. The van der Waals surface area contributed by atoms with Crippen molar-refractivity contribution in [1.29, 1.82) is 0 Å². The molecule has 2 fully saturated rings. The van der Waals surface area contributed by atoms with E-state index in [2.05, 4.69) is 18.7 Å². The van der Waals surface area contributed by atoms with Crippen molar-refractivity contribution < 1.29 is 9.90 Å². The molecule has 2 aliphatic rings. The molecule has 0 aromatic carbocycles. The molecule has 2 atom stereocenters. The number of nitrogens with zero attached hydrogens (tertiary/aromatic N) is 1. The Morgan fingerprint density at radius 2 is 2.12 bits per heavy atom. The summed E-state index contributed by atoms with van der Waals surface area (Å²) in [6, 6.07) is 0.541. The lowest BCUT2D eigenvalue weighted by Crippen LogP contribution is -2.51. The Morgan fingerprint density at radius 1 is 1.44 bits per heavy atom. The summed E-state index contributed by atoms with van der Waals surface area (Å²) in [7, 11) is 0. The molecule has 4 heteroatoms. The quantitative estimate of drug-likeness (QED) is 0.738. The average molecular weight is 226 g/mol. The van der Waals surface area contributed by atoms with Gasteiger partial charge in [-0.3, -0.25) is 9.69 Å². The molecule has 2 unspecified atom stereocenters. The van der Waals surface area contributed by atoms with E-state index in [1.54, 1.807) is 0 Å². The summed E-state index contributed by atoms with van der Waals surface area (Å²) in [6.45, 7) is 5.93. The highest BCUT2D eigenvalue weighted by molar-refractivity contribution is 5.79. The molecule has 1 aliphatic heterocycles. The maximum atomic E-state index is 11.1. The zero-order valence-corrected chi connectivity index (χ0v) is 10.2. The van der Waals surface area contributed by atoms with E-state index in [1.807, 2.05) is 0 Å². The van der Waals surface area contributed by atoms with E-state index < -0.39 is 11.5 Å². The van der Waals surface area contributed by atoms with Crippen LogP contribution in [0.3, 0.4) is 0 Å². The molecular weight excluding hydrogens is 204 g/mol. The van der Waals surface area contributed by atoms with Gasteiger partial charge in [0.1, 0.15) is 5.54 Å². The maximum absolute atomic E-state index is 11.1. The van der Waals surface area contributed by atoms with Gasteiger partial charge >= 0.3 is 5.97 Å². The molecule has 1 saturated carbocycles. The maximum Gasteiger partial charge on any atom is 0.325 e. The number of nitrogens with two attached hydrogens (primary N) is 1. The van der Waals surface area contributed by atoms with Crippen LogP contribution in [0.2, 0.25) is 0 Å². The molecule has 1 aliphatic carbocycles. The molecular formula is C12H22N2O2. The summed E-state index contributed by atoms with van der Waals surface area (Å²) in [5, 5.41) is 9.08. The zero-order chi connectivity index (χ0) is 12.0. The number of carboxylic acids is 1. The zero-order valence-electron chi connectivity index (χ0n) is 10.2. The van der Waals surface area contributed by atoms with Crippen molar-refractivity contribution in [3.05, 3.63) is 0 Å². The Balaban J connectivity index is 1.97. The number of carboxylic acid groups (broad SMARTS) is 1. The SMILES string of the molecule is CC1(C)CCC(N2CCC(N)(C(=O)O)C2)C1. The third-order valence-corrected chi connectivity index (χ3v) is 4.22. The van der Waals surface area contributed by atoms with Crippen LogP contribution in [0.5, 0.6) is 0 Å². The molecule has 0 bridgehead atoms. The number of likely N-dealkylation sites (tertiary alicyclic amines) is 1. The van der Waals surface area contributed by atoms with Crippen molar-refractivity contribution in [2.75, 3.05) is 13.1 Å². The second-order valence-corrected chi connectivity index (χ2v) is 6.24. The van der Waals surface area contributed by atoms with Crippen molar-refractivity contribution in [1.82, 2.24) is 4.90 Å². The molecule has 4 nitrogen and oxygen atoms in total. The highest BCUT2D eigenvalue weighted by Crippen LogP contribution is 2.40. The molecule has 3 N–H and O–H groups in total. The molecule has 92 valence electrons. The van der Waals surface area contributed by atoms with E-state index in [0.717, 1.165) is 6.54 Å². The number of aliphatic carboxylic acids is 1. The fourth-order valence-corrected chi connectivity index (χ4v) is 3.06. The fourth-order valence-electron chi connectivity index (χ4n) is 3.06. The number of hydrogen-bond acceptors (Lipinski definition) is 3. The normalized spacial score (nSPS) is 39.1. The van der Waals surface area contributed by atoms with Gasteiger partial charge in [-0.1, -0.05) is 13.8 Å². The van der Waals surface area contributed by atoms with E-state index >= 15 is 0 Å². The predicted molar refractivity (Wildman–Crippen MR) is 62.2 cm³/mol. The van der Waals surface area contributed by atoms with Gasteiger partial charge < -0.3 is 10.8 Å². The van der Waals surface area contributed by atoms with E-state index in [9.17, 15) is 4.79 Å². The lowest BCUT2D eigenvalue weighted by molar-refractivity contribution is -0.142. The van der Waals surface area contributed by atoms with Crippen LogP contribution in [0.1, 0.15) is 39.5 Å². The monoisotopic (exact) mass is 226 g/mol. The minimum absolute atomic E-state index is 0.410. The highest BCUT2D eigenvalue weighted by atomic mass is 16.4. The number of hydrogen-bond donors (Lipinski definition) is 2. The Labute approximate surface area is 96.8 Å². The standard InChI is InChI=1S/C12H22N2O2/c1-11(2)4-3-9(7-11)14-6-5-12(13,8-14)10(15)16/h9H,3-8,13H2,1-2H3,(H,15,16). The third kappa shape index (κ3) is 2.09. The van der Waals surface area contributed by atoms with Crippen molar-refractivity contribution in [3.8, 4) is 0 Å². The van der Waals surface area contributed by atoms with Crippen molar-refractivity contribution in [2.24, 2.45) is 11.1 Å². The van der Waals surface area contributed by atoms with Crippen LogP contribution >= 0.6 is 0 Å². The van der Waals surface area contributed by atoms with Crippen LogP contribution in [0, 0.1) is 5.41 Å². The Hall–Kier alpha value is -0.610. The van der Waals surface area contributed by atoms with E-state index in [4.69, 9.17) is 10.8 Å². The first kappa shape index (κ1) is 11.9. The van der Waals surface area contributed by atoms with Gasteiger partial charge in [-0.05, 0) is 31.1 Å².